The Morgan fingerprint density at radius 1 is 0.529 bits per heavy atom. The summed E-state index contributed by atoms with van der Waals surface area (Å²) in [6.07, 6.45) is 15.5. The van der Waals surface area contributed by atoms with Crippen LogP contribution in [-0.4, -0.2) is 51.3 Å². The van der Waals surface area contributed by atoms with Crippen LogP contribution in [0.25, 0.3) is 0 Å². The number of carbonyl (C=O) groups excluding carboxylic acids is 1. The Balaban J connectivity index is 6.07. The number of carbonyl (C=O) groups is 1. The van der Waals surface area contributed by atoms with Crippen molar-refractivity contribution in [2.45, 2.75) is 141 Å². The van der Waals surface area contributed by atoms with Crippen LogP contribution in [0.4, 0.5) is 0 Å². The SMILES string of the molecule is CCCCCCCC(C(=O)C(CCCCCCC)[Si](CCC)(OC)OC)[Si](CCC)(OC)OC. The van der Waals surface area contributed by atoms with Crippen LogP contribution in [0.2, 0.25) is 23.2 Å². The van der Waals surface area contributed by atoms with E-state index in [1.54, 1.807) is 28.4 Å². The van der Waals surface area contributed by atoms with Crippen molar-refractivity contribution in [1.82, 2.24) is 0 Å². The zero-order valence-electron chi connectivity index (χ0n) is 24.0. The molecule has 2 atom stereocenters. The third-order valence-corrected chi connectivity index (χ3v) is 15.9. The molecule has 0 aromatic carbocycles. The molecule has 0 aromatic rings. The zero-order chi connectivity index (χ0) is 25.9. The van der Waals surface area contributed by atoms with Crippen molar-refractivity contribution in [2.75, 3.05) is 28.4 Å². The molecule has 0 saturated carbocycles. The van der Waals surface area contributed by atoms with Gasteiger partial charge in [-0.15, -0.1) is 0 Å². The molecule has 0 spiro atoms. The highest BCUT2D eigenvalue weighted by atomic mass is 28.4. The summed E-state index contributed by atoms with van der Waals surface area (Å²) in [6, 6.07) is 1.69. The Hall–Kier alpha value is -0.0562. The van der Waals surface area contributed by atoms with E-state index in [2.05, 4.69) is 27.7 Å². The average Bonchev–Trinajstić information content (AvgIpc) is 2.86. The Bertz CT molecular complexity index is 453. The van der Waals surface area contributed by atoms with Crippen LogP contribution in [0.3, 0.4) is 0 Å². The van der Waals surface area contributed by atoms with Gasteiger partial charge in [-0.05, 0) is 24.9 Å². The molecule has 204 valence electrons. The molecule has 2 unspecified atom stereocenters. The summed E-state index contributed by atoms with van der Waals surface area (Å²) in [5, 5.41) is 0. The maximum atomic E-state index is 14.5. The van der Waals surface area contributed by atoms with Gasteiger partial charge in [0.15, 0.2) is 0 Å². The van der Waals surface area contributed by atoms with E-state index >= 15 is 0 Å². The van der Waals surface area contributed by atoms with Gasteiger partial charge in [-0.2, -0.15) is 0 Å². The lowest BCUT2D eigenvalue weighted by atomic mass is 10.0. The van der Waals surface area contributed by atoms with Gasteiger partial charge in [0, 0.05) is 28.4 Å². The monoisotopic (exact) mass is 518 g/mol. The van der Waals surface area contributed by atoms with Crippen molar-refractivity contribution in [3.63, 3.8) is 0 Å². The lowest BCUT2D eigenvalue weighted by molar-refractivity contribution is -0.120. The van der Waals surface area contributed by atoms with Crippen LogP contribution in [0.1, 0.15) is 118 Å². The van der Waals surface area contributed by atoms with Gasteiger partial charge in [0.05, 0.1) is 11.1 Å². The fourth-order valence-corrected chi connectivity index (χ4v) is 12.6. The molecule has 0 rings (SSSR count). The number of unbranched alkanes of at least 4 members (excludes halogenated alkanes) is 8. The number of ketones is 1. The average molecular weight is 519 g/mol. The summed E-state index contributed by atoms with van der Waals surface area (Å²) in [5.41, 5.74) is -0.336. The van der Waals surface area contributed by atoms with E-state index < -0.39 is 17.1 Å². The summed E-state index contributed by atoms with van der Waals surface area (Å²) >= 11 is 0. The highest BCUT2D eigenvalue weighted by molar-refractivity contribution is 6.77. The minimum absolute atomic E-state index is 0.168. The number of Topliss-reactive ketones (excluding diaryl/α,β-unsaturated/α-hetero) is 1. The van der Waals surface area contributed by atoms with E-state index in [1.807, 2.05) is 0 Å². The van der Waals surface area contributed by atoms with Gasteiger partial charge >= 0.3 is 17.1 Å². The molecule has 34 heavy (non-hydrogen) atoms. The largest absolute Gasteiger partial charge is 0.397 e. The third-order valence-electron chi connectivity index (χ3n) is 7.52. The predicted octanol–water partition coefficient (Wildman–Crippen LogP) is 8.31. The fraction of sp³-hybridized carbons (Fsp3) is 0.963. The van der Waals surface area contributed by atoms with Gasteiger partial charge < -0.3 is 17.7 Å². The first-order chi connectivity index (χ1) is 16.4. The Morgan fingerprint density at radius 2 is 0.853 bits per heavy atom. The van der Waals surface area contributed by atoms with E-state index in [0.29, 0.717) is 5.78 Å². The van der Waals surface area contributed by atoms with Crippen LogP contribution in [0, 0.1) is 0 Å². The maximum absolute atomic E-state index is 14.5. The predicted molar refractivity (Wildman–Crippen MR) is 149 cm³/mol. The molecule has 0 amide bonds. The van der Waals surface area contributed by atoms with Crippen molar-refractivity contribution >= 4 is 22.9 Å². The summed E-state index contributed by atoms with van der Waals surface area (Å²) in [4.78, 5) is 14.5. The molecule has 0 fully saturated rings. The van der Waals surface area contributed by atoms with Crippen LogP contribution in [0.15, 0.2) is 0 Å². The summed E-state index contributed by atoms with van der Waals surface area (Å²) in [6.45, 7) is 8.79. The molecule has 0 radical (unpaired) electrons. The van der Waals surface area contributed by atoms with Crippen molar-refractivity contribution in [3.8, 4) is 0 Å². The van der Waals surface area contributed by atoms with Crippen molar-refractivity contribution in [1.29, 1.82) is 0 Å². The Morgan fingerprint density at radius 3 is 1.12 bits per heavy atom. The van der Waals surface area contributed by atoms with Gasteiger partial charge in [-0.3, -0.25) is 4.79 Å². The molecule has 7 heteroatoms. The first-order valence-electron chi connectivity index (χ1n) is 14.2. The molecule has 0 aliphatic heterocycles. The molecular weight excluding hydrogens is 460 g/mol. The van der Waals surface area contributed by atoms with Crippen LogP contribution in [0.5, 0.6) is 0 Å². The van der Waals surface area contributed by atoms with E-state index in [-0.39, 0.29) is 11.1 Å². The summed E-state index contributed by atoms with van der Waals surface area (Å²) in [7, 11) is 1.64. The maximum Gasteiger partial charge on any atom is 0.348 e. The van der Waals surface area contributed by atoms with Crippen LogP contribution in [-0.2, 0) is 22.5 Å². The van der Waals surface area contributed by atoms with E-state index in [1.165, 1.54) is 38.5 Å². The molecule has 0 saturated heterocycles. The van der Waals surface area contributed by atoms with Gasteiger partial charge in [-0.25, -0.2) is 0 Å². The molecule has 0 aromatic heterocycles. The highest BCUT2D eigenvalue weighted by Gasteiger charge is 2.55. The highest BCUT2D eigenvalue weighted by Crippen LogP contribution is 2.43. The second-order valence-corrected chi connectivity index (χ2v) is 17.1. The van der Waals surface area contributed by atoms with Gasteiger partial charge in [0.25, 0.3) is 0 Å². The van der Waals surface area contributed by atoms with E-state index in [0.717, 1.165) is 63.5 Å². The second-order valence-electron chi connectivity index (χ2n) is 9.85. The standard InChI is InChI=1S/C27H58O5Si2/c1-9-13-15-17-19-21-25(33(29-5,30-6)23-11-3)27(28)26(22-20-18-16-14-10-2)34(31-7,32-8)24-12-4/h25-26H,9-24H2,1-8H3. The number of hydrogen-bond donors (Lipinski definition) is 0. The minimum Gasteiger partial charge on any atom is -0.397 e. The quantitative estimate of drug-likeness (QED) is 0.0949. The molecule has 0 bridgehead atoms. The molecule has 0 aliphatic rings. The topological polar surface area (TPSA) is 54.0 Å². The third kappa shape index (κ3) is 10.5. The van der Waals surface area contributed by atoms with Crippen molar-refractivity contribution in [2.24, 2.45) is 0 Å². The van der Waals surface area contributed by atoms with Gasteiger partial charge in [0.2, 0.25) is 0 Å². The first-order valence-corrected chi connectivity index (χ1v) is 18.4. The van der Waals surface area contributed by atoms with Crippen LogP contribution < -0.4 is 0 Å². The number of hydrogen-bond acceptors (Lipinski definition) is 5. The normalized spacial score (nSPS) is 14.4. The lowest BCUT2D eigenvalue weighted by Crippen LogP contribution is -2.54. The summed E-state index contributed by atoms with van der Waals surface area (Å²) < 4.78 is 24.7. The van der Waals surface area contributed by atoms with Crippen molar-refractivity contribution in [3.05, 3.63) is 0 Å². The van der Waals surface area contributed by atoms with Gasteiger partial charge in [0.1, 0.15) is 5.78 Å². The molecule has 0 aliphatic carbocycles. The molecular formula is C27H58O5Si2. The first kappa shape index (κ1) is 33.9. The smallest absolute Gasteiger partial charge is 0.348 e. The lowest BCUT2D eigenvalue weighted by Gasteiger charge is -2.40. The molecule has 5 nitrogen and oxygen atoms in total. The Labute approximate surface area is 214 Å². The molecule has 0 N–H and O–H groups in total. The van der Waals surface area contributed by atoms with E-state index in [9.17, 15) is 4.79 Å². The van der Waals surface area contributed by atoms with Crippen LogP contribution >= 0.6 is 0 Å². The minimum atomic E-state index is -2.69. The molecule has 0 heterocycles. The van der Waals surface area contributed by atoms with Crippen molar-refractivity contribution < 1.29 is 22.5 Å². The van der Waals surface area contributed by atoms with E-state index in [4.69, 9.17) is 17.7 Å². The fourth-order valence-electron chi connectivity index (χ4n) is 5.49. The Kier molecular flexibility index (Phi) is 20.0. The van der Waals surface area contributed by atoms with Gasteiger partial charge in [-0.1, -0.05) is 105 Å². The zero-order valence-corrected chi connectivity index (χ0v) is 26.0. The number of rotatable bonds is 24. The summed E-state index contributed by atoms with van der Waals surface area (Å²) in [5.74, 6) is 0.304. The second kappa shape index (κ2) is 20.1.